The molecule has 2 aromatic rings. The van der Waals surface area contributed by atoms with Gasteiger partial charge >= 0.3 is 6.03 Å². The molecule has 8 heteroatoms. The minimum absolute atomic E-state index is 0.109. The fraction of sp³-hybridized carbons (Fsp3) is 0.476. The van der Waals surface area contributed by atoms with Crippen molar-refractivity contribution in [3.8, 4) is 0 Å². The van der Waals surface area contributed by atoms with Crippen LogP contribution in [0.25, 0.3) is 10.9 Å². The van der Waals surface area contributed by atoms with E-state index in [4.69, 9.17) is 0 Å². The molecule has 29 heavy (non-hydrogen) atoms. The molecular weight excluding hydrogens is 375 g/mol. The first-order valence-corrected chi connectivity index (χ1v) is 10.1. The topological polar surface area (TPSA) is 94.3 Å². The standard InChI is InChI=1S/C21H27FN4O3/c1-2-3-4-10-23-19(27)8-7-18-20(28)26(21(29)25-18)11-9-14-13-24-17-6-5-15(22)12-16(14)17/h5-6,12-13,18,24H,2-4,7-11H2,1H3,(H,23,27)(H,25,29). The van der Waals surface area contributed by atoms with E-state index in [1.165, 1.54) is 17.0 Å². The van der Waals surface area contributed by atoms with Crippen LogP contribution in [0.2, 0.25) is 0 Å². The quantitative estimate of drug-likeness (QED) is 0.421. The van der Waals surface area contributed by atoms with Crippen molar-refractivity contribution >= 4 is 28.7 Å². The van der Waals surface area contributed by atoms with E-state index >= 15 is 0 Å². The van der Waals surface area contributed by atoms with Crippen LogP contribution in [0.3, 0.4) is 0 Å². The van der Waals surface area contributed by atoms with Crippen molar-refractivity contribution in [1.29, 1.82) is 0 Å². The number of carbonyl (C=O) groups excluding carboxylic acids is 3. The molecule has 1 fully saturated rings. The highest BCUT2D eigenvalue weighted by molar-refractivity contribution is 6.04. The van der Waals surface area contributed by atoms with Crippen LogP contribution in [0.1, 0.15) is 44.6 Å². The molecule has 1 unspecified atom stereocenters. The molecule has 1 aliphatic heterocycles. The number of nitrogens with one attached hydrogen (secondary N) is 3. The van der Waals surface area contributed by atoms with E-state index in [9.17, 15) is 18.8 Å². The first kappa shape index (κ1) is 20.8. The SMILES string of the molecule is CCCCCNC(=O)CCC1NC(=O)N(CCc2c[nH]c3ccc(F)cc23)C1=O. The van der Waals surface area contributed by atoms with Crippen LogP contribution in [-0.4, -0.2) is 46.9 Å². The highest BCUT2D eigenvalue weighted by Crippen LogP contribution is 2.21. The summed E-state index contributed by atoms with van der Waals surface area (Å²) in [5.41, 5.74) is 1.65. The second-order valence-electron chi connectivity index (χ2n) is 7.34. The van der Waals surface area contributed by atoms with Crippen molar-refractivity contribution < 1.29 is 18.8 Å². The molecule has 1 aliphatic rings. The predicted octanol–water partition coefficient (Wildman–Crippen LogP) is 2.86. The van der Waals surface area contributed by atoms with E-state index in [2.05, 4.69) is 22.5 Å². The monoisotopic (exact) mass is 402 g/mol. The van der Waals surface area contributed by atoms with Crippen molar-refractivity contribution in [2.75, 3.05) is 13.1 Å². The number of halogens is 1. The summed E-state index contributed by atoms with van der Waals surface area (Å²) in [7, 11) is 0. The van der Waals surface area contributed by atoms with Gasteiger partial charge in [-0.3, -0.25) is 14.5 Å². The number of amides is 4. The molecule has 2 heterocycles. The zero-order valence-corrected chi connectivity index (χ0v) is 16.6. The van der Waals surface area contributed by atoms with E-state index in [1.807, 2.05) is 0 Å². The first-order chi connectivity index (χ1) is 14.0. The zero-order chi connectivity index (χ0) is 20.8. The van der Waals surface area contributed by atoms with Gasteiger partial charge in [0.05, 0.1) is 0 Å². The van der Waals surface area contributed by atoms with Crippen molar-refractivity contribution in [2.24, 2.45) is 0 Å². The maximum atomic E-state index is 13.5. The molecule has 0 spiro atoms. The van der Waals surface area contributed by atoms with E-state index in [0.29, 0.717) is 13.0 Å². The molecule has 0 saturated carbocycles. The number of aromatic amines is 1. The van der Waals surface area contributed by atoms with Crippen LogP contribution < -0.4 is 10.6 Å². The summed E-state index contributed by atoms with van der Waals surface area (Å²) in [6.07, 6.45) is 5.75. The number of unbranched alkanes of at least 4 members (excludes halogenated alkanes) is 2. The summed E-state index contributed by atoms with van der Waals surface area (Å²) < 4.78 is 13.5. The van der Waals surface area contributed by atoms with Crippen molar-refractivity contribution in [1.82, 2.24) is 20.5 Å². The van der Waals surface area contributed by atoms with Crippen LogP contribution >= 0.6 is 0 Å². The molecular formula is C21H27FN4O3. The fourth-order valence-corrected chi connectivity index (χ4v) is 3.54. The molecule has 7 nitrogen and oxygen atoms in total. The van der Waals surface area contributed by atoms with E-state index < -0.39 is 12.1 Å². The van der Waals surface area contributed by atoms with E-state index in [-0.39, 0.29) is 37.0 Å². The molecule has 0 bridgehead atoms. The molecule has 1 atom stereocenters. The Kier molecular flexibility index (Phi) is 6.85. The maximum absolute atomic E-state index is 13.5. The number of imide groups is 1. The number of hydrogen-bond acceptors (Lipinski definition) is 3. The second-order valence-corrected chi connectivity index (χ2v) is 7.34. The second kappa shape index (κ2) is 9.54. The number of carbonyl (C=O) groups is 3. The lowest BCUT2D eigenvalue weighted by Gasteiger charge is -2.12. The number of aromatic nitrogens is 1. The molecule has 3 N–H and O–H groups in total. The van der Waals surface area contributed by atoms with Gasteiger partial charge in [0.25, 0.3) is 5.91 Å². The van der Waals surface area contributed by atoms with Crippen LogP contribution in [0, 0.1) is 5.82 Å². The van der Waals surface area contributed by atoms with Crippen LogP contribution in [0.5, 0.6) is 0 Å². The fourth-order valence-electron chi connectivity index (χ4n) is 3.54. The summed E-state index contributed by atoms with van der Waals surface area (Å²) in [5.74, 6) is -0.761. The summed E-state index contributed by atoms with van der Waals surface area (Å²) in [5, 5.41) is 6.23. The molecule has 0 radical (unpaired) electrons. The number of hydrogen-bond donors (Lipinski definition) is 3. The third-order valence-electron chi connectivity index (χ3n) is 5.20. The van der Waals surface area contributed by atoms with Gasteiger partial charge in [-0.25, -0.2) is 9.18 Å². The minimum Gasteiger partial charge on any atom is -0.361 e. The van der Waals surface area contributed by atoms with Crippen LogP contribution in [0.15, 0.2) is 24.4 Å². The Bertz CT molecular complexity index is 895. The van der Waals surface area contributed by atoms with Gasteiger partial charge in [-0.1, -0.05) is 19.8 Å². The number of nitrogens with zero attached hydrogens (tertiary/aromatic N) is 1. The summed E-state index contributed by atoms with van der Waals surface area (Å²) in [6.45, 7) is 2.93. The lowest BCUT2D eigenvalue weighted by Crippen LogP contribution is -2.34. The summed E-state index contributed by atoms with van der Waals surface area (Å²) >= 11 is 0. The summed E-state index contributed by atoms with van der Waals surface area (Å²) in [6, 6.07) is 3.35. The highest BCUT2D eigenvalue weighted by atomic mass is 19.1. The normalized spacial score (nSPS) is 16.5. The third-order valence-corrected chi connectivity index (χ3v) is 5.20. The predicted molar refractivity (Wildman–Crippen MR) is 108 cm³/mol. The Morgan fingerprint density at radius 3 is 2.90 bits per heavy atom. The number of rotatable bonds is 10. The third kappa shape index (κ3) is 5.13. The zero-order valence-electron chi connectivity index (χ0n) is 16.6. The smallest absolute Gasteiger partial charge is 0.324 e. The molecule has 1 saturated heterocycles. The van der Waals surface area contributed by atoms with Crippen molar-refractivity contribution in [2.45, 2.75) is 51.5 Å². The van der Waals surface area contributed by atoms with Gasteiger partial charge in [-0.05, 0) is 43.0 Å². The Morgan fingerprint density at radius 1 is 1.28 bits per heavy atom. The maximum Gasteiger partial charge on any atom is 0.324 e. The van der Waals surface area contributed by atoms with Crippen LogP contribution in [-0.2, 0) is 16.0 Å². The van der Waals surface area contributed by atoms with Gasteiger partial charge in [0.15, 0.2) is 0 Å². The number of fused-ring (bicyclic) bond motifs is 1. The number of urea groups is 1. The molecule has 4 amide bonds. The number of benzene rings is 1. The number of H-pyrrole nitrogens is 1. The Labute approximate surface area is 169 Å². The average molecular weight is 402 g/mol. The molecule has 0 aliphatic carbocycles. The van der Waals surface area contributed by atoms with Crippen molar-refractivity contribution in [3.05, 3.63) is 35.8 Å². The minimum atomic E-state index is -0.677. The van der Waals surface area contributed by atoms with Gasteiger partial charge in [-0.2, -0.15) is 0 Å². The molecule has 3 rings (SSSR count). The van der Waals surface area contributed by atoms with Gasteiger partial charge in [-0.15, -0.1) is 0 Å². The lowest BCUT2D eigenvalue weighted by molar-refractivity contribution is -0.127. The van der Waals surface area contributed by atoms with E-state index in [1.54, 1.807) is 12.3 Å². The Morgan fingerprint density at radius 2 is 2.10 bits per heavy atom. The molecule has 1 aromatic carbocycles. The van der Waals surface area contributed by atoms with Gasteiger partial charge in [0.2, 0.25) is 5.91 Å². The van der Waals surface area contributed by atoms with Crippen LogP contribution in [0.4, 0.5) is 9.18 Å². The highest BCUT2D eigenvalue weighted by Gasteiger charge is 2.37. The largest absolute Gasteiger partial charge is 0.361 e. The average Bonchev–Trinajstić information content (AvgIpc) is 3.22. The van der Waals surface area contributed by atoms with Crippen molar-refractivity contribution in [3.63, 3.8) is 0 Å². The first-order valence-electron chi connectivity index (χ1n) is 10.1. The van der Waals surface area contributed by atoms with Gasteiger partial charge in [0.1, 0.15) is 11.9 Å². The molecule has 1 aromatic heterocycles. The Hall–Kier alpha value is -2.90. The Balaban J connectivity index is 1.50. The molecule has 156 valence electrons. The van der Waals surface area contributed by atoms with Gasteiger partial charge in [0, 0.05) is 36.6 Å². The van der Waals surface area contributed by atoms with Gasteiger partial charge < -0.3 is 15.6 Å². The van der Waals surface area contributed by atoms with E-state index in [0.717, 1.165) is 35.7 Å². The summed E-state index contributed by atoms with van der Waals surface area (Å²) in [4.78, 5) is 40.9. The lowest BCUT2D eigenvalue weighted by atomic mass is 10.1.